The third-order valence-corrected chi connectivity index (χ3v) is 3.15. The summed E-state index contributed by atoms with van der Waals surface area (Å²) in [6.07, 6.45) is -0.422. The van der Waals surface area contributed by atoms with E-state index in [1.54, 1.807) is 0 Å². The fraction of sp³-hybridized carbons (Fsp3) is 0.533. The van der Waals surface area contributed by atoms with E-state index in [0.717, 1.165) is 24.5 Å². The third kappa shape index (κ3) is 7.85. The van der Waals surface area contributed by atoms with Gasteiger partial charge in [0.15, 0.2) is 0 Å². The van der Waals surface area contributed by atoms with Gasteiger partial charge in [-0.15, -0.1) is 24.8 Å². The molecule has 1 heterocycles. The topological polar surface area (TPSA) is 62.8 Å². The van der Waals surface area contributed by atoms with Crippen molar-refractivity contribution >= 4 is 36.4 Å². The maximum absolute atomic E-state index is 12.0. The van der Waals surface area contributed by atoms with Crippen molar-refractivity contribution < 1.29 is 14.3 Å². The number of carbonyl (C=O) groups excluding carboxylic acids is 1. The minimum Gasteiger partial charge on any atom is -0.492 e. The van der Waals surface area contributed by atoms with Crippen LogP contribution in [-0.2, 0) is 9.53 Å². The molecule has 6 nitrogen and oxygen atoms in total. The maximum atomic E-state index is 12.0. The van der Waals surface area contributed by atoms with Gasteiger partial charge in [0.2, 0.25) is 0 Å². The van der Waals surface area contributed by atoms with Gasteiger partial charge < -0.3 is 25.0 Å². The molecule has 0 aromatic heterocycles. The molecule has 0 bridgehead atoms. The third-order valence-electron chi connectivity index (χ3n) is 3.15. The Kier molecular flexibility index (Phi) is 11.0. The number of carbonyl (C=O) groups is 1. The van der Waals surface area contributed by atoms with Gasteiger partial charge in [-0.1, -0.05) is 0 Å². The molecule has 0 aliphatic carbocycles. The molecule has 0 spiro atoms. The Bertz CT molecular complexity index is 452. The predicted octanol–water partition coefficient (Wildman–Crippen LogP) is 1.40. The zero-order valence-electron chi connectivity index (χ0n) is 13.4. The molecular formula is C15H25Cl2N3O3. The summed E-state index contributed by atoms with van der Waals surface area (Å²) < 4.78 is 11.0. The monoisotopic (exact) mass is 365 g/mol. The van der Waals surface area contributed by atoms with Gasteiger partial charge >= 0.3 is 0 Å². The van der Waals surface area contributed by atoms with E-state index in [4.69, 9.17) is 9.47 Å². The van der Waals surface area contributed by atoms with Crippen molar-refractivity contribution in [3.63, 3.8) is 0 Å². The molecule has 1 saturated heterocycles. The van der Waals surface area contributed by atoms with Gasteiger partial charge in [-0.2, -0.15) is 0 Å². The second-order valence-corrected chi connectivity index (χ2v) is 5.23. The van der Waals surface area contributed by atoms with Crippen molar-refractivity contribution in [3.8, 4) is 5.75 Å². The van der Waals surface area contributed by atoms with Gasteiger partial charge in [0.25, 0.3) is 5.91 Å². The maximum Gasteiger partial charge on any atom is 0.254 e. The lowest BCUT2D eigenvalue weighted by atomic mass is 10.2. The Morgan fingerprint density at radius 3 is 2.61 bits per heavy atom. The molecule has 1 aliphatic heterocycles. The van der Waals surface area contributed by atoms with Gasteiger partial charge in [-0.05, 0) is 38.4 Å². The highest BCUT2D eigenvalue weighted by atomic mass is 35.5. The van der Waals surface area contributed by atoms with Crippen molar-refractivity contribution in [1.82, 2.24) is 10.2 Å². The van der Waals surface area contributed by atoms with Crippen LogP contribution in [0, 0.1) is 0 Å². The number of hydrogen-bond donors (Lipinski definition) is 2. The molecule has 1 amide bonds. The molecule has 1 aromatic rings. The first-order valence-electron chi connectivity index (χ1n) is 7.16. The average molecular weight is 366 g/mol. The van der Waals surface area contributed by atoms with Crippen LogP contribution in [0.2, 0.25) is 0 Å². The number of benzene rings is 1. The van der Waals surface area contributed by atoms with Crippen LogP contribution >= 0.6 is 24.8 Å². The van der Waals surface area contributed by atoms with Crippen LogP contribution < -0.4 is 15.4 Å². The van der Waals surface area contributed by atoms with Crippen LogP contribution in [0.5, 0.6) is 5.75 Å². The summed E-state index contributed by atoms with van der Waals surface area (Å²) in [5.74, 6) is 0.675. The Morgan fingerprint density at radius 2 is 2.04 bits per heavy atom. The molecule has 23 heavy (non-hydrogen) atoms. The van der Waals surface area contributed by atoms with E-state index in [9.17, 15) is 4.79 Å². The molecule has 1 unspecified atom stereocenters. The predicted molar refractivity (Wildman–Crippen MR) is 96.2 cm³/mol. The highest BCUT2D eigenvalue weighted by Crippen LogP contribution is 2.16. The molecular weight excluding hydrogens is 341 g/mol. The largest absolute Gasteiger partial charge is 0.492 e. The molecule has 1 aromatic carbocycles. The molecule has 0 radical (unpaired) electrons. The Labute approximate surface area is 149 Å². The first kappa shape index (κ1) is 21.9. The minimum atomic E-state index is -0.422. The van der Waals surface area contributed by atoms with E-state index in [1.165, 1.54) is 0 Å². The highest BCUT2D eigenvalue weighted by Gasteiger charge is 2.21. The van der Waals surface area contributed by atoms with E-state index in [-0.39, 0.29) is 30.7 Å². The van der Waals surface area contributed by atoms with Gasteiger partial charge in [0.1, 0.15) is 18.5 Å². The Morgan fingerprint density at radius 1 is 1.35 bits per heavy atom. The van der Waals surface area contributed by atoms with E-state index in [2.05, 4.69) is 15.5 Å². The van der Waals surface area contributed by atoms with Crippen LogP contribution in [0.25, 0.3) is 0 Å². The molecule has 2 N–H and O–H groups in total. The zero-order valence-corrected chi connectivity index (χ0v) is 15.0. The molecule has 2 rings (SSSR count). The standard InChI is InChI=1S/C15H23N3O3.2ClH/c1-18(2)8-10-20-13-5-3-12(4-6-13)17-15(19)14-11-16-7-9-21-14;;/h3-6,14,16H,7-11H2,1-2H3,(H,17,19);2*1H. The van der Waals surface area contributed by atoms with Crippen molar-refractivity contribution in [2.24, 2.45) is 0 Å². The van der Waals surface area contributed by atoms with Crippen LogP contribution in [0.4, 0.5) is 5.69 Å². The number of morpholine rings is 1. The highest BCUT2D eigenvalue weighted by molar-refractivity contribution is 5.94. The first-order chi connectivity index (χ1) is 10.1. The number of likely N-dealkylation sites (N-methyl/N-ethyl adjacent to an activating group) is 1. The smallest absolute Gasteiger partial charge is 0.254 e. The summed E-state index contributed by atoms with van der Waals surface area (Å²) >= 11 is 0. The molecule has 1 atom stereocenters. The molecule has 1 fully saturated rings. The summed E-state index contributed by atoms with van der Waals surface area (Å²) in [6, 6.07) is 7.37. The van der Waals surface area contributed by atoms with Gasteiger partial charge in [-0.25, -0.2) is 0 Å². The Balaban J connectivity index is 0.00000242. The van der Waals surface area contributed by atoms with Gasteiger partial charge in [0.05, 0.1) is 6.61 Å². The van der Waals surface area contributed by atoms with Gasteiger partial charge in [0, 0.05) is 25.3 Å². The van der Waals surface area contributed by atoms with Gasteiger partial charge in [-0.3, -0.25) is 4.79 Å². The number of hydrogen-bond acceptors (Lipinski definition) is 5. The van der Waals surface area contributed by atoms with Crippen LogP contribution in [-0.4, -0.2) is 63.9 Å². The Hall–Kier alpha value is -1.05. The number of rotatable bonds is 6. The van der Waals surface area contributed by atoms with Crippen molar-refractivity contribution in [2.75, 3.05) is 52.3 Å². The second kappa shape index (κ2) is 11.5. The lowest BCUT2D eigenvalue weighted by molar-refractivity contribution is -0.128. The fourth-order valence-corrected chi connectivity index (χ4v) is 1.94. The fourth-order valence-electron chi connectivity index (χ4n) is 1.94. The second-order valence-electron chi connectivity index (χ2n) is 5.23. The summed E-state index contributed by atoms with van der Waals surface area (Å²) in [5, 5.41) is 5.98. The van der Waals surface area contributed by atoms with E-state index >= 15 is 0 Å². The average Bonchev–Trinajstić information content (AvgIpc) is 2.49. The van der Waals surface area contributed by atoms with Crippen molar-refractivity contribution in [2.45, 2.75) is 6.10 Å². The molecule has 1 aliphatic rings. The summed E-state index contributed by atoms with van der Waals surface area (Å²) in [5.41, 5.74) is 0.745. The number of amides is 1. The lowest BCUT2D eigenvalue weighted by Crippen LogP contribution is -2.45. The molecule has 8 heteroatoms. The number of halogens is 2. The lowest BCUT2D eigenvalue weighted by Gasteiger charge is -2.22. The SMILES string of the molecule is CN(C)CCOc1ccc(NC(=O)C2CNCCO2)cc1.Cl.Cl. The number of anilines is 1. The number of nitrogens with one attached hydrogen (secondary N) is 2. The summed E-state index contributed by atoms with van der Waals surface area (Å²) in [6.45, 7) is 3.42. The molecule has 0 saturated carbocycles. The number of ether oxygens (including phenoxy) is 2. The zero-order chi connectivity index (χ0) is 15.1. The quantitative estimate of drug-likeness (QED) is 0.797. The van der Waals surface area contributed by atoms with Crippen LogP contribution in [0.3, 0.4) is 0 Å². The van der Waals surface area contributed by atoms with E-state index < -0.39 is 6.10 Å². The summed E-state index contributed by atoms with van der Waals surface area (Å²) in [7, 11) is 4.01. The first-order valence-corrected chi connectivity index (χ1v) is 7.16. The van der Waals surface area contributed by atoms with Crippen molar-refractivity contribution in [3.05, 3.63) is 24.3 Å². The van der Waals surface area contributed by atoms with Crippen LogP contribution in [0.1, 0.15) is 0 Å². The minimum absolute atomic E-state index is 0. The van der Waals surface area contributed by atoms with Crippen molar-refractivity contribution in [1.29, 1.82) is 0 Å². The van der Waals surface area contributed by atoms with E-state index in [0.29, 0.717) is 19.8 Å². The normalized spacial score (nSPS) is 16.9. The number of nitrogens with zero attached hydrogens (tertiary/aromatic N) is 1. The summed E-state index contributed by atoms with van der Waals surface area (Å²) in [4.78, 5) is 14.0. The van der Waals surface area contributed by atoms with Crippen LogP contribution in [0.15, 0.2) is 24.3 Å². The van der Waals surface area contributed by atoms with E-state index in [1.807, 2.05) is 38.4 Å². The molecule has 132 valence electrons.